The predicted octanol–water partition coefficient (Wildman–Crippen LogP) is 2.40. The molecule has 1 heterocycles. The maximum atomic E-state index is 11.6. The fourth-order valence-corrected chi connectivity index (χ4v) is 1.79. The van der Waals surface area contributed by atoms with Crippen molar-refractivity contribution in [3.8, 4) is 5.75 Å². The Labute approximate surface area is 105 Å². The molecular formula is C14H13NO3. The number of cyclic esters (lactones) is 1. The van der Waals surface area contributed by atoms with Crippen LogP contribution in [0.1, 0.15) is 18.4 Å². The molecule has 0 bridgehead atoms. The Bertz CT molecular complexity index is 539. The third kappa shape index (κ3) is 2.14. The van der Waals surface area contributed by atoms with Crippen molar-refractivity contribution < 1.29 is 14.3 Å². The van der Waals surface area contributed by atoms with Crippen LogP contribution in [0.25, 0.3) is 6.08 Å². The highest BCUT2D eigenvalue weighted by Gasteiger charge is 2.35. The topological polar surface area (TPSA) is 47.9 Å². The minimum Gasteiger partial charge on any atom is -0.497 e. The van der Waals surface area contributed by atoms with Crippen LogP contribution in [0.4, 0.5) is 0 Å². The van der Waals surface area contributed by atoms with E-state index in [0.717, 1.165) is 24.2 Å². The molecule has 92 valence electrons. The molecular weight excluding hydrogens is 230 g/mol. The molecule has 18 heavy (non-hydrogen) atoms. The van der Waals surface area contributed by atoms with Crippen LogP contribution in [-0.4, -0.2) is 19.0 Å². The summed E-state index contributed by atoms with van der Waals surface area (Å²) in [6.45, 7) is 0. The summed E-state index contributed by atoms with van der Waals surface area (Å²) in [6.07, 6.45) is 3.88. The van der Waals surface area contributed by atoms with Crippen molar-refractivity contribution in [2.75, 3.05) is 7.11 Å². The highest BCUT2D eigenvalue weighted by Crippen LogP contribution is 2.34. The van der Waals surface area contributed by atoms with E-state index in [9.17, 15) is 4.79 Å². The molecule has 1 aliphatic carbocycles. The monoisotopic (exact) mass is 243 g/mol. The molecule has 1 aliphatic heterocycles. The number of ether oxygens (including phenoxy) is 2. The van der Waals surface area contributed by atoms with Gasteiger partial charge in [-0.2, -0.15) is 0 Å². The molecule has 4 nitrogen and oxygen atoms in total. The fourth-order valence-electron chi connectivity index (χ4n) is 1.79. The van der Waals surface area contributed by atoms with Crippen molar-refractivity contribution >= 4 is 17.9 Å². The first kappa shape index (κ1) is 11.0. The summed E-state index contributed by atoms with van der Waals surface area (Å²) in [5.41, 5.74) is 1.28. The van der Waals surface area contributed by atoms with Gasteiger partial charge in [0.2, 0.25) is 5.90 Å². The van der Waals surface area contributed by atoms with Gasteiger partial charge in [0.15, 0.2) is 5.70 Å². The van der Waals surface area contributed by atoms with E-state index >= 15 is 0 Å². The van der Waals surface area contributed by atoms with Crippen LogP contribution < -0.4 is 4.74 Å². The van der Waals surface area contributed by atoms with Gasteiger partial charge in [0.25, 0.3) is 0 Å². The average molecular weight is 243 g/mol. The smallest absolute Gasteiger partial charge is 0.363 e. The van der Waals surface area contributed by atoms with Crippen LogP contribution in [0.3, 0.4) is 0 Å². The predicted molar refractivity (Wildman–Crippen MR) is 67.2 cm³/mol. The summed E-state index contributed by atoms with van der Waals surface area (Å²) in [4.78, 5) is 15.9. The van der Waals surface area contributed by atoms with Crippen molar-refractivity contribution in [3.05, 3.63) is 35.5 Å². The largest absolute Gasteiger partial charge is 0.497 e. The van der Waals surface area contributed by atoms with Crippen LogP contribution in [0.5, 0.6) is 5.75 Å². The number of hydrogen-bond acceptors (Lipinski definition) is 4. The highest BCUT2D eigenvalue weighted by atomic mass is 16.6. The molecule has 0 saturated heterocycles. The van der Waals surface area contributed by atoms with Crippen molar-refractivity contribution in [2.45, 2.75) is 12.8 Å². The molecule has 0 atom stereocenters. The Kier molecular flexibility index (Phi) is 2.63. The average Bonchev–Trinajstić information content (AvgIpc) is 3.17. The number of rotatable bonds is 3. The number of methoxy groups -OCH3 is 1. The zero-order chi connectivity index (χ0) is 12.5. The van der Waals surface area contributed by atoms with Gasteiger partial charge in [0.05, 0.1) is 7.11 Å². The lowest BCUT2D eigenvalue weighted by Crippen LogP contribution is -2.05. The second-order valence-corrected chi connectivity index (χ2v) is 4.42. The molecule has 0 N–H and O–H groups in total. The molecule has 2 aliphatic rings. The molecule has 0 aromatic heterocycles. The van der Waals surface area contributed by atoms with Gasteiger partial charge in [0.1, 0.15) is 5.75 Å². The molecule has 3 rings (SSSR count). The minimum atomic E-state index is -0.354. The summed E-state index contributed by atoms with van der Waals surface area (Å²) < 4.78 is 10.2. The van der Waals surface area contributed by atoms with Gasteiger partial charge in [0, 0.05) is 5.92 Å². The van der Waals surface area contributed by atoms with Gasteiger partial charge in [-0.25, -0.2) is 9.79 Å². The number of aliphatic imine (C=N–C) groups is 1. The number of hydrogen-bond donors (Lipinski definition) is 0. The molecule has 0 unspecified atom stereocenters. The fraction of sp³-hybridized carbons (Fsp3) is 0.286. The van der Waals surface area contributed by atoms with Gasteiger partial charge in [-0.1, -0.05) is 12.1 Å². The van der Waals surface area contributed by atoms with E-state index in [1.54, 1.807) is 13.2 Å². The van der Waals surface area contributed by atoms with E-state index < -0.39 is 0 Å². The van der Waals surface area contributed by atoms with Gasteiger partial charge < -0.3 is 9.47 Å². The Hall–Kier alpha value is -2.10. The van der Waals surface area contributed by atoms with Gasteiger partial charge in [-0.3, -0.25) is 0 Å². The van der Waals surface area contributed by atoms with Crippen molar-refractivity contribution in [1.82, 2.24) is 0 Å². The SMILES string of the molecule is COc1ccc(/C=C2/N=C(C3CC3)OC2=O)cc1. The molecule has 0 spiro atoms. The molecule has 1 fully saturated rings. The lowest BCUT2D eigenvalue weighted by atomic mass is 10.2. The molecule has 4 heteroatoms. The summed E-state index contributed by atoms with van der Waals surface area (Å²) in [5, 5.41) is 0. The van der Waals surface area contributed by atoms with E-state index in [2.05, 4.69) is 4.99 Å². The van der Waals surface area contributed by atoms with E-state index in [0.29, 0.717) is 17.5 Å². The Morgan fingerprint density at radius 2 is 2.06 bits per heavy atom. The van der Waals surface area contributed by atoms with Crippen LogP contribution in [-0.2, 0) is 9.53 Å². The first-order valence-electron chi connectivity index (χ1n) is 5.93. The van der Waals surface area contributed by atoms with E-state index in [1.165, 1.54) is 0 Å². The second kappa shape index (κ2) is 4.29. The lowest BCUT2D eigenvalue weighted by Gasteiger charge is -1.99. The van der Waals surface area contributed by atoms with Gasteiger partial charge in [-0.15, -0.1) is 0 Å². The maximum absolute atomic E-state index is 11.6. The zero-order valence-corrected chi connectivity index (χ0v) is 10.1. The van der Waals surface area contributed by atoms with Crippen molar-refractivity contribution in [3.63, 3.8) is 0 Å². The quantitative estimate of drug-likeness (QED) is 0.605. The summed E-state index contributed by atoms with van der Waals surface area (Å²) in [6, 6.07) is 7.45. The second-order valence-electron chi connectivity index (χ2n) is 4.42. The van der Waals surface area contributed by atoms with Crippen LogP contribution in [0.15, 0.2) is 35.0 Å². The number of carbonyl (C=O) groups excluding carboxylic acids is 1. The third-order valence-corrected chi connectivity index (χ3v) is 2.98. The van der Waals surface area contributed by atoms with Gasteiger partial charge in [-0.05, 0) is 36.6 Å². The first-order valence-corrected chi connectivity index (χ1v) is 5.93. The molecule has 0 amide bonds. The summed E-state index contributed by atoms with van der Waals surface area (Å²) >= 11 is 0. The number of nitrogens with zero attached hydrogens (tertiary/aromatic N) is 1. The van der Waals surface area contributed by atoms with E-state index in [1.807, 2.05) is 24.3 Å². The molecule has 1 aromatic rings. The maximum Gasteiger partial charge on any atom is 0.363 e. The normalized spacial score (nSPS) is 20.8. The van der Waals surface area contributed by atoms with E-state index in [-0.39, 0.29) is 5.97 Å². The van der Waals surface area contributed by atoms with Crippen LogP contribution in [0, 0.1) is 5.92 Å². The lowest BCUT2D eigenvalue weighted by molar-refractivity contribution is -0.130. The number of benzene rings is 1. The first-order chi connectivity index (χ1) is 8.76. The Morgan fingerprint density at radius 1 is 1.33 bits per heavy atom. The third-order valence-electron chi connectivity index (χ3n) is 2.98. The van der Waals surface area contributed by atoms with Gasteiger partial charge >= 0.3 is 5.97 Å². The standard InChI is InChI=1S/C14H13NO3/c1-17-11-6-2-9(3-7-11)8-12-14(16)18-13(15-12)10-4-5-10/h2-3,6-8,10H,4-5H2,1H3/b12-8+. The Balaban J connectivity index is 1.84. The molecule has 1 saturated carbocycles. The van der Waals surface area contributed by atoms with Crippen LogP contribution in [0.2, 0.25) is 0 Å². The summed E-state index contributed by atoms with van der Waals surface area (Å²) in [7, 11) is 1.62. The Morgan fingerprint density at radius 3 is 2.67 bits per heavy atom. The highest BCUT2D eigenvalue weighted by molar-refractivity contribution is 6.08. The zero-order valence-electron chi connectivity index (χ0n) is 10.1. The molecule has 0 radical (unpaired) electrons. The van der Waals surface area contributed by atoms with Crippen LogP contribution >= 0.6 is 0 Å². The van der Waals surface area contributed by atoms with Crippen molar-refractivity contribution in [1.29, 1.82) is 0 Å². The molecule has 1 aromatic carbocycles. The van der Waals surface area contributed by atoms with Crippen molar-refractivity contribution in [2.24, 2.45) is 10.9 Å². The number of carbonyl (C=O) groups is 1. The number of esters is 1. The van der Waals surface area contributed by atoms with E-state index in [4.69, 9.17) is 9.47 Å². The summed E-state index contributed by atoms with van der Waals surface area (Å²) in [5.74, 6) is 1.37. The minimum absolute atomic E-state index is 0.354.